The van der Waals surface area contributed by atoms with E-state index < -0.39 is 5.60 Å². The fourth-order valence-corrected chi connectivity index (χ4v) is 2.28. The van der Waals surface area contributed by atoms with Crippen LogP contribution >= 0.6 is 11.6 Å². The molecule has 2 aromatic rings. The highest BCUT2D eigenvalue weighted by molar-refractivity contribution is 6.31. The average molecular weight is 253 g/mol. The molecule has 0 aliphatic rings. The van der Waals surface area contributed by atoms with Crippen LogP contribution in [0.3, 0.4) is 0 Å². The van der Waals surface area contributed by atoms with Crippen LogP contribution in [0.2, 0.25) is 5.02 Å². The number of halogens is 1. The molecule has 1 N–H and O–H groups in total. The van der Waals surface area contributed by atoms with Crippen LogP contribution in [-0.4, -0.2) is 5.11 Å². The molecule has 1 unspecified atom stereocenters. The Morgan fingerprint density at radius 1 is 1.35 bits per heavy atom. The van der Waals surface area contributed by atoms with E-state index in [4.69, 9.17) is 16.0 Å². The first-order chi connectivity index (χ1) is 7.97. The van der Waals surface area contributed by atoms with Crippen LogP contribution in [0, 0.1) is 5.92 Å². The number of hydrogen-bond acceptors (Lipinski definition) is 2. The Hall–Kier alpha value is -0.990. The molecule has 17 heavy (non-hydrogen) atoms. The Balaban J connectivity index is 2.56. The van der Waals surface area contributed by atoms with Crippen molar-refractivity contribution >= 4 is 22.6 Å². The van der Waals surface area contributed by atoms with E-state index in [2.05, 4.69) is 0 Å². The summed E-state index contributed by atoms with van der Waals surface area (Å²) in [6.45, 7) is 5.94. The van der Waals surface area contributed by atoms with Crippen molar-refractivity contribution in [2.45, 2.75) is 32.8 Å². The summed E-state index contributed by atoms with van der Waals surface area (Å²) >= 11 is 5.93. The van der Waals surface area contributed by atoms with Crippen molar-refractivity contribution in [3.8, 4) is 0 Å². The first-order valence-corrected chi connectivity index (χ1v) is 6.27. The van der Waals surface area contributed by atoms with E-state index in [9.17, 15) is 5.11 Å². The van der Waals surface area contributed by atoms with Gasteiger partial charge in [-0.05, 0) is 36.6 Å². The summed E-state index contributed by atoms with van der Waals surface area (Å²) in [5, 5.41) is 12.2. The highest BCUT2D eigenvalue weighted by Gasteiger charge is 2.34. The van der Waals surface area contributed by atoms with Crippen molar-refractivity contribution in [1.29, 1.82) is 0 Å². The summed E-state index contributed by atoms with van der Waals surface area (Å²) < 4.78 is 5.73. The molecule has 1 heterocycles. The molecular weight excluding hydrogens is 236 g/mol. The van der Waals surface area contributed by atoms with Crippen molar-refractivity contribution in [3.05, 3.63) is 35.0 Å². The van der Waals surface area contributed by atoms with E-state index >= 15 is 0 Å². The zero-order valence-electron chi connectivity index (χ0n) is 10.3. The molecule has 2 nitrogen and oxygen atoms in total. The molecule has 0 bridgehead atoms. The lowest BCUT2D eigenvalue weighted by molar-refractivity contribution is -0.0318. The average Bonchev–Trinajstić information content (AvgIpc) is 2.70. The molecule has 92 valence electrons. The number of aliphatic hydroxyl groups is 1. The van der Waals surface area contributed by atoms with Crippen LogP contribution < -0.4 is 0 Å². The van der Waals surface area contributed by atoms with E-state index in [1.807, 2.05) is 39.0 Å². The number of hydrogen-bond donors (Lipinski definition) is 1. The molecule has 0 aliphatic heterocycles. The maximum Gasteiger partial charge on any atom is 0.137 e. The quantitative estimate of drug-likeness (QED) is 0.882. The Morgan fingerprint density at radius 2 is 2.06 bits per heavy atom. The Kier molecular flexibility index (Phi) is 3.19. The topological polar surface area (TPSA) is 33.4 Å². The highest BCUT2D eigenvalue weighted by Crippen LogP contribution is 2.36. The van der Waals surface area contributed by atoms with Crippen LogP contribution in [0.15, 0.2) is 28.7 Å². The second-order valence-corrected chi connectivity index (χ2v) is 5.16. The van der Waals surface area contributed by atoms with Crippen molar-refractivity contribution < 1.29 is 9.52 Å². The predicted octanol–water partition coefficient (Wildman–Crippen LogP) is 4.34. The van der Waals surface area contributed by atoms with Gasteiger partial charge in [-0.1, -0.05) is 32.4 Å². The van der Waals surface area contributed by atoms with Crippen molar-refractivity contribution in [1.82, 2.24) is 0 Å². The molecule has 1 atom stereocenters. The van der Waals surface area contributed by atoms with Gasteiger partial charge in [0.15, 0.2) is 0 Å². The largest absolute Gasteiger partial charge is 0.458 e. The van der Waals surface area contributed by atoms with Gasteiger partial charge in [0.25, 0.3) is 0 Å². The summed E-state index contributed by atoms with van der Waals surface area (Å²) in [4.78, 5) is 0. The fourth-order valence-electron chi connectivity index (χ4n) is 2.09. The smallest absolute Gasteiger partial charge is 0.137 e. The lowest BCUT2D eigenvalue weighted by atomic mass is 9.85. The lowest BCUT2D eigenvalue weighted by Gasteiger charge is -2.28. The van der Waals surface area contributed by atoms with Crippen LogP contribution in [-0.2, 0) is 5.60 Å². The van der Waals surface area contributed by atoms with Gasteiger partial charge in [-0.15, -0.1) is 0 Å². The van der Waals surface area contributed by atoms with E-state index in [1.54, 1.807) is 6.07 Å². The molecule has 0 fully saturated rings. The van der Waals surface area contributed by atoms with Crippen LogP contribution in [0.4, 0.5) is 0 Å². The lowest BCUT2D eigenvalue weighted by Crippen LogP contribution is -2.30. The van der Waals surface area contributed by atoms with Gasteiger partial charge in [-0.2, -0.15) is 0 Å². The van der Waals surface area contributed by atoms with E-state index in [0.717, 1.165) is 11.0 Å². The van der Waals surface area contributed by atoms with Crippen molar-refractivity contribution in [2.24, 2.45) is 5.92 Å². The zero-order chi connectivity index (χ0) is 12.6. The number of benzene rings is 1. The SMILES string of the molecule is CCC(O)(c1cc2cc(Cl)ccc2o1)C(C)C. The van der Waals surface area contributed by atoms with Gasteiger partial charge in [0.2, 0.25) is 0 Å². The normalized spacial score (nSPS) is 15.4. The highest BCUT2D eigenvalue weighted by atomic mass is 35.5. The molecule has 0 radical (unpaired) electrons. The molecule has 1 aromatic carbocycles. The minimum absolute atomic E-state index is 0.100. The van der Waals surface area contributed by atoms with Gasteiger partial charge in [-0.3, -0.25) is 0 Å². The fraction of sp³-hybridized carbons (Fsp3) is 0.429. The Morgan fingerprint density at radius 3 is 2.65 bits per heavy atom. The number of furan rings is 1. The summed E-state index contributed by atoms with van der Waals surface area (Å²) in [7, 11) is 0. The zero-order valence-corrected chi connectivity index (χ0v) is 11.1. The van der Waals surface area contributed by atoms with Gasteiger partial charge in [0.1, 0.15) is 16.9 Å². The maximum absolute atomic E-state index is 10.6. The predicted molar refractivity (Wildman–Crippen MR) is 70.2 cm³/mol. The molecule has 3 heteroatoms. The van der Waals surface area contributed by atoms with Gasteiger partial charge in [0.05, 0.1) is 0 Å². The minimum atomic E-state index is -0.911. The molecule has 0 amide bonds. The van der Waals surface area contributed by atoms with Crippen LogP contribution in [0.5, 0.6) is 0 Å². The molecular formula is C14H17ClO2. The Bertz CT molecular complexity index is 530. The van der Waals surface area contributed by atoms with Gasteiger partial charge in [0, 0.05) is 10.4 Å². The minimum Gasteiger partial charge on any atom is -0.458 e. The first-order valence-electron chi connectivity index (χ1n) is 5.89. The number of rotatable bonds is 3. The monoisotopic (exact) mass is 252 g/mol. The van der Waals surface area contributed by atoms with Crippen LogP contribution in [0.1, 0.15) is 33.0 Å². The molecule has 0 saturated heterocycles. The molecule has 1 aromatic heterocycles. The Labute approximate surface area is 106 Å². The van der Waals surface area contributed by atoms with E-state index in [-0.39, 0.29) is 5.92 Å². The van der Waals surface area contributed by atoms with Gasteiger partial charge < -0.3 is 9.52 Å². The van der Waals surface area contributed by atoms with Gasteiger partial charge >= 0.3 is 0 Å². The summed E-state index contributed by atoms with van der Waals surface area (Å²) in [5.74, 6) is 0.718. The van der Waals surface area contributed by atoms with Crippen molar-refractivity contribution in [2.75, 3.05) is 0 Å². The first kappa shape index (κ1) is 12.5. The van der Waals surface area contributed by atoms with E-state index in [0.29, 0.717) is 17.2 Å². The number of fused-ring (bicyclic) bond motifs is 1. The second-order valence-electron chi connectivity index (χ2n) is 4.73. The molecule has 2 rings (SSSR count). The van der Waals surface area contributed by atoms with Crippen LogP contribution in [0.25, 0.3) is 11.0 Å². The third-order valence-corrected chi connectivity index (χ3v) is 3.63. The third kappa shape index (κ3) is 2.07. The van der Waals surface area contributed by atoms with Crippen molar-refractivity contribution in [3.63, 3.8) is 0 Å². The maximum atomic E-state index is 10.6. The third-order valence-electron chi connectivity index (χ3n) is 3.40. The summed E-state index contributed by atoms with van der Waals surface area (Å²) in [6, 6.07) is 7.35. The standard InChI is InChI=1S/C14H17ClO2/c1-4-14(16,9(2)3)13-8-10-7-11(15)5-6-12(10)17-13/h5-9,16H,4H2,1-3H3. The van der Waals surface area contributed by atoms with E-state index in [1.165, 1.54) is 0 Å². The second kappa shape index (κ2) is 4.35. The molecule has 0 spiro atoms. The summed E-state index contributed by atoms with van der Waals surface area (Å²) in [5.41, 5.74) is -0.150. The molecule has 0 saturated carbocycles. The van der Waals surface area contributed by atoms with Gasteiger partial charge in [-0.25, -0.2) is 0 Å². The molecule has 0 aliphatic carbocycles. The summed E-state index contributed by atoms with van der Waals surface area (Å²) in [6.07, 6.45) is 0.623.